The zero-order valence-electron chi connectivity index (χ0n) is 39.8. The predicted octanol–water partition coefficient (Wildman–Crippen LogP) is 14.8. The Morgan fingerprint density at radius 3 is 1.16 bits per heavy atom. The quantitative estimate of drug-likeness (QED) is 0.141. The molecule has 0 N–H and O–H groups in total. The fourth-order valence-corrected chi connectivity index (χ4v) is 10.2. The third-order valence-electron chi connectivity index (χ3n) is 13.8. The van der Waals surface area contributed by atoms with Gasteiger partial charge < -0.3 is 9.13 Å². The van der Waals surface area contributed by atoms with E-state index in [4.69, 9.17) is 39.9 Å². The van der Waals surface area contributed by atoms with Crippen molar-refractivity contribution in [2.75, 3.05) is 0 Å². The molecular formula is C64H42N10. The van der Waals surface area contributed by atoms with Gasteiger partial charge in [-0.3, -0.25) is 9.97 Å². The highest BCUT2D eigenvalue weighted by molar-refractivity contribution is 6.12. The Hall–Kier alpha value is -10.1. The van der Waals surface area contributed by atoms with Gasteiger partial charge in [-0.25, -0.2) is 29.9 Å². The third-order valence-corrected chi connectivity index (χ3v) is 13.8. The van der Waals surface area contributed by atoms with Crippen molar-refractivity contribution >= 4 is 49.2 Å². The molecule has 14 rings (SSSR count). The van der Waals surface area contributed by atoms with Crippen LogP contribution in [0.4, 0.5) is 0 Å². The summed E-state index contributed by atoms with van der Waals surface area (Å²) in [5.41, 5.74) is 13.7. The zero-order chi connectivity index (χ0) is 49.0. The molecule has 0 saturated carbocycles. The highest BCUT2D eigenvalue weighted by Crippen LogP contribution is 2.39. The monoisotopic (exact) mass is 950 g/mol. The van der Waals surface area contributed by atoms with E-state index in [1.165, 1.54) is 0 Å². The highest BCUT2D eigenvalue weighted by Gasteiger charge is 2.20. The molecule has 0 unspecified atom stereocenters. The van der Waals surface area contributed by atoms with Crippen molar-refractivity contribution < 1.29 is 0 Å². The molecule has 0 spiro atoms. The van der Waals surface area contributed by atoms with Crippen molar-refractivity contribution in [1.29, 1.82) is 0 Å². The zero-order valence-corrected chi connectivity index (χ0v) is 39.8. The third kappa shape index (κ3) is 7.60. The van der Waals surface area contributed by atoms with E-state index in [9.17, 15) is 0 Å². The molecule has 0 aliphatic heterocycles. The minimum atomic E-state index is 0.513. The number of benzene rings is 7. The van der Waals surface area contributed by atoms with E-state index in [2.05, 4.69) is 124 Å². The molecule has 348 valence electrons. The molecule has 7 aromatic carbocycles. The molecule has 0 atom stereocenters. The van der Waals surface area contributed by atoms with Gasteiger partial charge in [0, 0.05) is 38.2 Å². The number of pyridine rings is 2. The van der Waals surface area contributed by atoms with Crippen LogP contribution in [0.2, 0.25) is 0 Å². The minimum absolute atomic E-state index is 0.513. The SMILES string of the molecule is C1=CCCC(c2nc(-c3ccccc3)nc(-c3ccc(-n4c5ccccc5c5cc(-c6ccc7c(c6)c6ccccc6n7-c6ccc(-c7nc(-c8ccccc8)nc(-c8ccccc8)n7)nc6)ccc54)cn3)n2)=C1. The Bertz CT molecular complexity index is 4280. The Morgan fingerprint density at radius 1 is 0.324 bits per heavy atom. The summed E-state index contributed by atoms with van der Waals surface area (Å²) in [5, 5.41) is 4.63. The van der Waals surface area contributed by atoms with Crippen LogP contribution in [0.25, 0.3) is 129 Å². The number of fused-ring (bicyclic) bond motifs is 6. The van der Waals surface area contributed by atoms with Gasteiger partial charge in [0.25, 0.3) is 0 Å². The van der Waals surface area contributed by atoms with Crippen LogP contribution in [0, 0.1) is 0 Å². The fraction of sp³-hybridized carbons (Fsp3) is 0.0312. The molecule has 10 heteroatoms. The van der Waals surface area contributed by atoms with Crippen LogP contribution < -0.4 is 0 Å². The van der Waals surface area contributed by atoms with Gasteiger partial charge in [-0.2, -0.15) is 0 Å². The molecule has 13 aromatic rings. The fourth-order valence-electron chi connectivity index (χ4n) is 10.2. The summed E-state index contributed by atoms with van der Waals surface area (Å²) in [6, 6.07) is 69.0. The molecule has 1 aliphatic rings. The number of hydrogen-bond acceptors (Lipinski definition) is 8. The maximum atomic E-state index is 5.01. The van der Waals surface area contributed by atoms with E-state index >= 15 is 0 Å². The largest absolute Gasteiger partial charge is 0.308 e. The van der Waals surface area contributed by atoms with E-state index in [1.54, 1.807) is 0 Å². The molecule has 0 radical (unpaired) electrons. The molecule has 0 fully saturated rings. The molecule has 74 heavy (non-hydrogen) atoms. The maximum Gasteiger partial charge on any atom is 0.182 e. The Morgan fingerprint density at radius 2 is 0.730 bits per heavy atom. The number of rotatable bonds is 9. The average Bonchev–Trinajstić information content (AvgIpc) is 4.02. The maximum absolute atomic E-state index is 5.01. The van der Waals surface area contributed by atoms with E-state index in [1.807, 2.05) is 116 Å². The number of nitrogens with zero attached hydrogens (tertiary/aromatic N) is 10. The second kappa shape index (κ2) is 18.0. The minimum Gasteiger partial charge on any atom is -0.308 e. The summed E-state index contributed by atoms with van der Waals surface area (Å²) in [6.07, 6.45) is 12.0. The second-order valence-electron chi connectivity index (χ2n) is 18.3. The summed E-state index contributed by atoms with van der Waals surface area (Å²) in [5.74, 6) is 3.57. The van der Waals surface area contributed by atoms with E-state index in [0.717, 1.165) is 101 Å². The molecule has 6 aromatic heterocycles. The van der Waals surface area contributed by atoms with Gasteiger partial charge in [-0.1, -0.05) is 158 Å². The molecule has 0 amide bonds. The summed E-state index contributed by atoms with van der Waals surface area (Å²) in [6.45, 7) is 0. The van der Waals surface area contributed by atoms with Crippen LogP contribution in [0.5, 0.6) is 0 Å². The molecule has 0 saturated heterocycles. The van der Waals surface area contributed by atoms with Crippen LogP contribution >= 0.6 is 0 Å². The molecule has 10 nitrogen and oxygen atoms in total. The first-order chi connectivity index (χ1) is 36.7. The highest BCUT2D eigenvalue weighted by atomic mass is 15.1. The number of hydrogen-bond donors (Lipinski definition) is 0. The predicted molar refractivity (Wildman–Crippen MR) is 296 cm³/mol. The summed E-state index contributed by atoms with van der Waals surface area (Å²) < 4.78 is 4.58. The normalized spacial score (nSPS) is 12.5. The molecular weight excluding hydrogens is 909 g/mol. The second-order valence-corrected chi connectivity index (χ2v) is 18.3. The van der Waals surface area contributed by atoms with Crippen LogP contribution in [0.3, 0.4) is 0 Å². The van der Waals surface area contributed by atoms with Crippen molar-refractivity contribution in [2.45, 2.75) is 12.8 Å². The van der Waals surface area contributed by atoms with Gasteiger partial charge in [0.2, 0.25) is 0 Å². The van der Waals surface area contributed by atoms with E-state index in [-0.39, 0.29) is 0 Å². The smallest absolute Gasteiger partial charge is 0.182 e. The topological polar surface area (TPSA) is 113 Å². The van der Waals surface area contributed by atoms with Crippen LogP contribution in [-0.4, -0.2) is 49.0 Å². The lowest BCUT2D eigenvalue weighted by Crippen LogP contribution is -2.04. The Labute approximate surface area is 425 Å². The lowest BCUT2D eigenvalue weighted by Gasteiger charge is -2.12. The summed E-state index contributed by atoms with van der Waals surface area (Å²) >= 11 is 0. The van der Waals surface area contributed by atoms with Crippen molar-refractivity contribution in [1.82, 2.24) is 49.0 Å². The first kappa shape index (κ1) is 42.8. The number of para-hydroxylation sites is 2. The van der Waals surface area contributed by atoms with Gasteiger partial charge >= 0.3 is 0 Å². The Kier molecular flexibility index (Phi) is 10.4. The summed E-state index contributed by atoms with van der Waals surface area (Å²) in [7, 11) is 0. The van der Waals surface area contributed by atoms with Crippen molar-refractivity contribution in [3.63, 3.8) is 0 Å². The van der Waals surface area contributed by atoms with E-state index in [0.29, 0.717) is 46.3 Å². The average molecular weight is 951 g/mol. The van der Waals surface area contributed by atoms with Crippen molar-refractivity contribution in [2.24, 2.45) is 0 Å². The van der Waals surface area contributed by atoms with Gasteiger partial charge in [0.05, 0.1) is 45.8 Å². The van der Waals surface area contributed by atoms with Gasteiger partial charge in [0.15, 0.2) is 34.9 Å². The van der Waals surface area contributed by atoms with Crippen molar-refractivity contribution in [3.8, 4) is 79.7 Å². The first-order valence-corrected chi connectivity index (χ1v) is 24.7. The van der Waals surface area contributed by atoms with Crippen LogP contribution in [0.15, 0.2) is 231 Å². The summed E-state index contributed by atoms with van der Waals surface area (Å²) in [4.78, 5) is 39.5. The van der Waals surface area contributed by atoms with E-state index < -0.39 is 0 Å². The first-order valence-electron chi connectivity index (χ1n) is 24.7. The standard InChI is InChI=1S/C64H42N10/c1-5-17-41(18-6-1)59-67-60(42-19-7-2-8-20-42)70-63(69-59)53-33-31-47(39-65-53)73-55-27-15-13-25-49(55)51-37-45(29-35-57(51)73)46-30-36-58-52(38-46)50-26-14-16-28-56(50)74(58)48-32-34-54(66-40-48)64-71-61(43-21-9-3-10-22-43)68-62(72-64)44-23-11-4-12-24-44/h1-11,13-23,25-40H,12,24H2. The molecule has 0 bridgehead atoms. The molecule has 6 heterocycles. The van der Waals surface area contributed by atoms with Gasteiger partial charge in [0.1, 0.15) is 11.4 Å². The lowest BCUT2D eigenvalue weighted by atomic mass is 10.0. The van der Waals surface area contributed by atoms with Gasteiger partial charge in [-0.05, 0) is 90.2 Å². The number of aromatic nitrogens is 10. The van der Waals surface area contributed by atoms with Crippen LogP contribution in [-0.2, 0) is 0 Å². The van der Waals surface area contributed by atoms with Crippen LogP contribution in [0.1, 0.15) is 18.7 Å². The van der Waals surface area contributed by atoms with Crippen molar-refractivity contribution in [3.05, 3.63) is 237 Å². The number of allylic oxidation sites excluding steroid dienone is 4. The molecule has 1 aliphatic carbocycles. The van der Waals surface area contributed by atoms with Gasteiger partial charge in [-0.15, -0.1) is 0 Å². The lowest BCUT2D eigenvalue weighted by molar-refractivity contribution is 0.972. The Balaban J connectivity index is 0.812.